The van der Waals surface area contributed by atoms with E-state index >= 15 is 0 Å². The maximum atomic E-state index is 12.7. The molecule has 0 aliphatic heterocycles. The number of fused-ring (bicyclic) bond motifs is 4. The van der Waals surface area contributed by atoms with Crippen molar-refractivity contribution in [2.75, 3.05) is 0 Å². The molecule has 1 N–H and O–H groups in total. The van der Waals surface area contributed by atoms with E-state index < -0.39 is 0 Å². The normalized spacial score (nSPS) is 11.3. The Bertz CT molecular complexity index is 1170. The van der Waals surface area contributed by atoms with Crippen molar-refractivity contribution in [1.82, 2.24) is 0 Å². The topological polar surface area (TPSA) is 67.5 Å². The first-order chi connectivity index (χ1) is 11.1. The lowest BCUT2D eigenvalue weighted by atomic mass is 10.0. The Morgan fingerprint density at radius 1 is 0.957 bits per heavy atom. The van der Waals surface area contributed by atoms with Gasteiger partial charge in [0.2, 0.25) is 5.43 Å². The predicted octanol–water partition coefficient (Wildman–Crippen LogP) is 4.01. The van der Waals surface area contributed by atoms with Crippen LogP contribution in [0.5, 0.6) is 5.75 Å². The van der Waals surface area contributed by atoms with E-state index in [1.165, 1.54) is 13.0 Å². The molecule has 3 aromatic carbocycles. The Kier molecular flexibility index (Phi) is 2.75. The van der Waals surface area contributed by atoms with Gasteiger partial charge in [0, 0.05) is 16.3 Å². The fraction of sp³-hybridized carbons (Fsp3) is 0.0526. The molecule has 0 spiro atoms. The van der Waals surface area contributed by atoms with Crippen LogP contribution in [0.3, 0.4) is 0 Å². The smallest absolute Gasteiger partial charge is 0.200 e. The zero-order valence-corrected chi connectivity index (χ0v) is 12.3. The van der Waals surface area contributed by atoms with Crippen LogP contribution in [0.4, 0.5) is 0 Å². The molecule has 4 heteroatoms. The lowest BCUT2D eigenvalue weighted by Crippen LogP contribution is -2.02. The minimum absolute atomic E-state index is 0.00909. The number of rotatable bonds is 1. The molecule has 0 unspecified atom stereocenters. The molecule has 0 aliphatic carbocycles. The van der Waals surface area contributed by atoms with E-state index in [9.17, 15) is 14.7 Å². The average Bonchev–Trinajstić information content (AvgIpc) is 2.56. The van der Waals surface area contributed by atoms with Crippen molar-refractivity contribution in [3.8, 4) is 5.75 Å². The molecular weight excluding hydrogens is 292 g/mol. The van der Waals surface area contributed by atoms with Crippen molar-refractivity contribution in [2.45, 2.75) is 6.92 Å². The summed E-state index contributed by atoms with van der Waals surface area (Å²) in [6, 6.07) is 13.4. The lowest BCUT2D eigenvalue weighted by molar-refractivity contribution is 0.101. The number of ketones is 1. The Morgan fingerprint density at radius 3 is 2.52 bits per heavy atom. The number of benzene rings is 3. The van der Waals surface area contributed by atoms with Crippen LogP contribution in [0, 0.1) is 0 Å². The number of hydrogen-bond donors (Lipinski definition) is 1. The summed E-state index contributed by atoms with van der Waals surface area (Å²) < 4.78 is 5.91. The molecule has 1 aromatic heterocycles. The van der Waals surface area contributed by atoms with E-state index in [-0.39, 0.29) is 17.0 Å². The van der Waals surface area contributed by atoms with Gasteiger partial charge in [-0.2, -0.15) is 0 Å². The highest BCUT2D eigenvalue weighted by Crippen LogP contribution is 2.33. The predicted molar refractivity (Wildman–Crippen MR) is 89.2 cm³/mol. The standard InChI is InChI=1S/C19H12O4/c1-10(20)11-6-7-12-14(8-11)19-15(9-16(12)21)18(22)13-4-2-3-5-17(13)23-19/h2-9,21H,1H3. The van der Waals surface area contributed by atoms with Gasteiger partial charge < -0.3 is 9.52 Å². The summed E-state index contributed by atoms with van der Waals surface area (Å²) >= 11 is 0. The third-order valence-electron chi connectivity index (χ3n) is 4.06. The number of aromatic hydroxyl groups is 1. The van der Waals surface area contributed by atoms with Gasteiger partial charge in [0.15, 0.2) is 5.78 Å². The highest BCUT2D eigenvalue weighted by molar-refractivity contribution is 6.11. The molecule has 0 aliphatic rings. The summed E-state index contributed by atoms with van der Waals surface area (Å²) in [4.78, 5) is 24.3. The summed E-state index contributed by atoms with van der Waals surface area (Å²) in [5.41, 5.74) is 1.15. The molecule has 4 aromatic rings. The highest BCUT2D eigenvalue weighted by Gasteiger charge is 2.14. The first kappa shape index (κ1) is 13.5. The van der Waals surface area contributed by atoms with Gasteiger partial charge in [0.05, 0.1) is 10.8 Å². The highest BCUT2D eigenvalue weighted by atomic mass is 16.3. The van der Waals surface area contributed by atoms with Crippen molar-refractivity contribution in [1.29, 1.82) is 0 Å². The monoisotopic (exact) mass is 304 g/mol. The summed E-state index contributed by atoms with van der Waals surface area (Å²) in [5.74, 6) is -0.100. The number of Topliss-reactive ketones (excluding diaryl/α,β-unsaturated/α-hetero) is 1. The largest absolute Gasteiger partial charge is 0.507 e. The molecule has 1 heterocycles. The Balaban J connectivity index is 2.29. The SMILES string of the molecule is CC(=O)c1ccc2c(O)cc3c(=O)c4ccccc4oc3c2c1. The van der Waals surface area contributed by atoms with E-state index in [1.54, 1.807) is 42.5 Å². The fourth-order valence-electron chi connectivity index (χ4n) is 2.88. The van der Waals surface area contributed by atoms with Gasteiger partial charge in [-0.25, -0.2) is 0 Å². The third-order valence-corrected chi connectivity index (χ3v) is 4.06. The van der Waals surface area contributed by atoms with Gasteiger partial charge >= 0.3 is 0 Å². The third kappa shape index (κ3) is 1.92. The van der Waals surface area contributed by atoms with Gasteiger partial charge in [-0.15, -0.1) is 0 Å². The minimum atomic E-state index is -0.202. The van der Waals surface area contributed by atoms with Gasteiger partial charge in [-0.1, -0.05) is 18.2 Å². The zero-order chi connectivity index (χ0) is 16.1. The number of carbonyl (C=O) groups excluding carboxylic acids is 1. The van der Waals surface area contributed by atoms with Gasteiger partial charge in [0.25, 0.3) is 0 Å². The maximum Gasteiger partial charge on any atom is 0.200 e. The molecule has 4 rings (SSSR count). The van der Waals surface area contributed by atoms with E-state index in [1.807, 2.05) is 0 Å². The van der Waals surface area contributed by atoms with Crippen LogP contribution in [0.2, 0.25) is 0 Å². The van der Waals surface area contributed by atoms with Gasteiger partial charge in [0.1, 0.15) is 16.9 Å². The number of para-hydroxylation sites is 1. The second kappa shape index (κ2) is 4.68. The van der Waals surface area contributed by atoms with Crippen molar-refractivity contribution >= 4 is 38.5 Å². The molecule has 0 atom stereocenters. The van der Waals surface area contributed by atoms with E-state index in [0.717, 1.165) is 0 Å². The number of phenolic OH excluding ortho intramolecular Hbond substituents is 1. The van der Waals surface area contributed by atoms with E-state index in [2.05, 4.69) is 0 Å². The molecule has 23 heavy (non-hydrogen) atoms. The molecule has 0 fully saturated rings. The molecule has 0 amide bonds. The second-order valence-corrected chi connectivity index (χ2v) is 5.52. The Hall–Kier alpha value is -3.14. The summed E-state index contributed by atoms with van der Waals surface area (Å²) in [6.45, 7) is 1.47. The van der Waals surface area contributed by atoms with Gasteiger partial charge in [-0.05, 0) is 37.3 Å². The van der Waals surface area contributed by atoms with E-state index in [0.29, 0.717) is 38.3 Å². The van der Waals surface area contributed by atoms with Crippen LogP contribution in [0.15, 0.2) is 57.7 Å². The molecule has 0 radical (unpaired) electrons. The summed E-state index contributed by atoms with van der Waals surface area (Å²) in [6.07, 6.45) is 0. The summed E-state index contributed by atoms with van der Waals surface area (Å²) in [7, 11) is 0. The molecule has 112 valence electrons. The Morgan fingerprint density at radius 2 is 1.74 bits per heavy atom. The number of carbonyl (C=O) groups is 1. The molecule has 0 saturated heterocycles. The van der Waals surface area contributed by atoms with Crippen LogP contribution in [0.25, 0.3) is 32.7 Å². The van der Waals surface area contributed by atoms with E-state index in [4.69, 9.17) is 4.42 Å². The van der Waals surface area contributed by atoms with Crippen LogP contribution in [-0.2, 0) is 0 Å². The molecule has 0 saturated carbocycles. The van der Waals surface area contributed by atoms with Crippen molar-refractivity contribution < 1.29 is 14.3 Å². The minimum Gasteiger partial charge on any atom is -0.507 e. The van der Waals surface area contributed by atoms with Crippen LogP contribution >= 0.6 is 0 Å². The zero-order valence-electron chi connectivity index (χ0n) is 12.3. The number of phenols is 1. The quantitative estimate of drug-likeness (QED) is 0.328. The Labute approximate surface area is 130 Å². The van der Waals surface area contributed by atoms with Crippen molar-refractivity contribution in [3.63, 3.8) is 0 Å². The maximum absolute atomic E-state index is 12.7. The molecule has 0 bridgehead atoms. The van der Waals surface area contributed by atoms with Crippen molar-refractivity contribution in [2.24, 2.45) is 0 Å². The summed E-state index contributed by atoms with van der Waals surface area (Å²) in [5, 5.41) is 12.1. The number of hydrogen-bond acceptors (Lipinski definition) is 4. The first-order valence-corrected chi connectivity index (χ1v) is 7.18. The van der Waals surface area contributed by atoms with Crippen LogP contribution < -0.4 is 5.43 Å². The molecule has 4 nitrogen and oxygen atoms in total. The lowest BCUT2D eigenvalue weighted by Gasteiger charge is -2.08. The molecular formula is C19H12O4. The van der Waals surface area contributed by atoms with Crippen LogP contribution in [-0.4, -0.2) is 10.9 Å². The average molecular weight is 304 g/mol. The van der Waals surface area contributed by atoms with Crippen LogP contribution in [0.1, 0.15) is 17.3 Å². The fourth-order valence-corrected chi connectivity index (χ4v) is 2.88. The van der Waals surface area contributed by atoms with Gasteiger partial charge in [-0.3, -0.25) is 9.59 Å². The second-order valence-electron chi connectivity index (χ2n) is 5.52. The van der Waals surface area contributed by atoms with Crippen molar-refractivity contribution in [3.05, 3.63) is 64.3 Å². The first-order valence-electron chi connectivity index (χ1n) is 7.18.